The summed E-state index contributed by atoms with van der Waals surface area (Å²) in [5, 5.41) is 12.3. The second-order valence-electron chi connectivity index (χ2n) is 10.8. The molecule has 258 valence electrons. The molecule has 0 bridgehead atoms. The van der Waals surface area contributed by atoms with E-state index in [1.807, 2.05) is 0 Å². The first kappa shape index (κ1) is 35.6. The summed E-state index contributed by atoms with van der Waals surface area (Å²) in [7, 11) is -2.80. The number of amides is 2. The topological polar surface area (TPSA) is 171 Å². The summed E-state index contributed by atoms with van der Waals surface area (Å²) in [6, 6.07) is 29.0. The number of nitro groups is 1. The van der Waals surface area contributed by atoms with E-state index in [4.69, 9.17) is 14.2 Å². The lowest BCUT2D eigenvalue weighted by Crippen LogP contribution is -2.70. The molecule has 1 N–H and O–H groups in total. The lowest BCUT2D eigenvalue weighted by atomic mass is 10.0. The van der Waals surface area contributed by atoms with Crippen molar-refractivity contribution in [3.8, 4) is 5.75 Å². The minimum atomic E-state index is -4.34. The number of β-lactam (4-membered cyclic amide) rings is 1. The number of rotatable bonds is 14. The number of non-ortho nitro benzene ring substituents is 1. The Hall–Kier alpha value is -5.67. The molecule has 13 nitrogen and oxygen atoms in total. The van der Waals surface area contributed by atoms with Gasteiger partial charge >= 0.3 is 5.97 Å². The first-order chi connectivity index (χ1) is 24.0. The summed E-state index contributed by atoms with van der Waals surface area (Å²) < 4.78 is 44.2. The third-order valence-electron chi connectivity index (χ3n) is 7.54. The van der Waals surface area contributed by atoms with Gasteiger partial charge in [0.2, 0.25) is 8.87 Å². The van der Waals surface area contributed by atoms with Crippen LogP contribution < -0.4 is 10.1 Å². The smallest absolute Gasteiger partial charge is 0.359 e. The predicted molar refractivity (Wildman–Crippen MR) is 183 cm³/mol. The Balaban J connectivity index is 1.47. The Morgan fingerprint density at radius 2 is 1.44 bits per heavy atom. The van der Waals surface area contributed by atoms with E-state index in [-0.39, 0.29) is 32.8 Å². The molecular weight excluding hydrogens is 687 g/mol. The third kappa shape index (κ3) is 8.13. The maximum absolute atomic E-state index is 14.1. The van der Waals surface area contributed by atoms with Crippen LogP contribution >= 0.6 is 10.8 Å². The van der Waals surface area contributed by atoms with Crippen molar-refractivity contribution in [2.24, 2.45) is 0 Å². The second kappa shape index (κ2) is 15.7. The van der Waals surface area contributed by atoms with Crippen molar-refractivity contribution < 1.29 is 41.9 Å². The third-order valence-corrected chi connectivity index (χ3v) is 11.2. The van der Waals surface area contributed by atoms with Gasteiger partial charge in [-0.05, 0) is 42.3 Å². The molecule has 4 aromatic carbocycles. The monoisotopic (exact) mass is 717 g/mol. The molecule has 4 aromatic rings. The summed E-state index contributed by atoms with van der Waals surface area (Å²) >= 11 is 0. The van der Waals surface area contributed by atoms with E-state index in [1.54, 1.807) is 91.0 Å². The van der Waals surface area contributed by atoms with Crippen molar-refractivity contribution >= 4 is 43.1 Å². The van der Waals surface area contributed by atoms with Crippen molar-refractivity contribution in [1.82, 2.24) is 10.2 Å². The SMILES string of the molecule is COC(C)=C(C(=O)OC(c1ccccc1)c1ccccc1)N1C(=O)C(NC(=O)COc2ccccc2)C1SS(=O)(=O)c1ccc([N+](=O)[O-])cc1. The Kier molecular flexibility index (Phi) is 11.2. The van der Waals surface area contributed by atoms with Crippen LogP contribution in [0.5, 0.6) is 5.75 Å². The normalized spacial score (nSPS) is 16.1. The number of methoxy groups -OCH3 is 1. The van der Waals surface area contributed by atoms with Crippen LogP contribution in [0, 0.1) is 10.1 Å². The maximum Gasteiger partial charge on any atom is 0.359 e. The van der Waals surface area contributed by atoms with Crippen molar-refractivity contribution in [2.45, 2.75) is 29.3 Å². The van der Waals surface area contributed by atoms with Crippen molar-refractivity contribution in [1.29, 1.82) is 0 Å². The van der Waals surface area contributed by atoms with E-state index >= 15 is 0 Å². The van der Waals surface area contributed by atoms with E-state index < -0.39 is 55.7 Å². The largest absolute Gasteiger partial charge is 0.499 e. The number of hydrogen-bond acceptors (Lipinski definition) is 11. The number of ether oxygens (including phenoxy) is 3. The summed E-state index contributed by atoms with van der Waals surface area (Å²) in [5.74, 6) is -2.20. The number of esters is 1. The molecule has 2 amide bonds. The zero-order valence-electron chi connectivity index (χ0n) is 26.7. The highest BCUT2D eigenvalue weighted by molar-refractivity contribution is 8.72. The zero-order valence-corrected chi connectivity index (χ0v) is 28.3. The second-order valence-corrected chi connectivity index (χ2v) is 14.7. The molecule has 1 aliphatic heterocycles. The molecule has 0 saturated carbocycles. The molecule has 0 spiro atoms. The average Bonchev–Trinajstić information content (AvgIpc) is 3.14. The van der Waals surface area contributed by atoms with Crippen molar-refractivity contribution in [2.75, 3.05) is 13.7 Å². The zero-order chi connectivity index (χ0) is 35.8. The molecule has 0 radical (unpaired) electrons. The Bertz CT molecular complexity index is 1950. The molecule has 1 fully saturated rings. The number of para-hydroxylation sites is 1. The number of allylic oxidation sites excluding steroid dienone is 1. The predicted octanol–water partition coefficient (Wildman–Crippen LogP) is 4.96. The summed E-state index contributed by atoms with van der Waals surface area (Å²) in [4.78, 5) is 51.9. The number of nitrogens with zero attached hydrogens (tertiary/aromatic N) is 2. The quantitative estimate of drug-likeness (QED) is 0.0356. The van der Waals surface area contributed by atoms with Gasteiger partial charge in [0.05, 0.1) is 16.9 Å². The van der Waals surface area contributed by atoms with Crippen LogP contribution in [0.25, 0.3) is 0 Å². The molecule has 1 saturated heterocycles. The molecule has 1 aliphatic rings. The average molecular weight is 718 g/mol. The summed E-state index contributed by atoms with van der Waals surface area (Å²) in [6.07, 6.45) is -0.915. The van der Waals surface area contributed by atoms with Crippen LogP contribution in [-0.2, 0) is 32.7 Å². The lowest BCUT2D eigenvalue weighted by Gasteiger charge is -2.46. The van der Waals surface area contributed by atoms with Gasteiger partial charge in [0.1, 0.15) is 22.9 Å². The molecule has 0 aliphatic carbocycles. The molecular formula is C35H31N3O10S2. The molecule has 2 unspecified atom stereocenters. The first-order valence-corrected chi connectivity index (χ1v) is 17.9. The van der Waals surface area contributed by atoms with Crippen LogP contribution in [0.4, 0.5) is 5.69 Å². The molecule has 0 aromatic heterocycles. The first-order valence-electron chi connectivity index (χ1n) is 15.0. The van der Waals surface area contributed by atoms with E-state index in [0.29, 0.717) is 16.9 Å². The van der Waals surface area contributed by atoms with Gasteiger partial charge in [0, 0.05) is 22.9 Å². The number of nitrogens with one attached hydrogen (secondary N) is 1. The van der Waals surface area contributed by atoms with Crippen molar-refractivity contribution in [3.63, 3.8) is 0 Å². The molecule has 5 rings (SSSR count). The number of likely N-dealkylation sites (tertiary alicyclic amines) is 1. The maximum atomic E-state index is 14.1. The standard InChI is InChI=1S/C35H31N3O10S2/c1-23(46-2)31(35(41)48-32(24-12-6-3-7-13-24)25-14-8-4-9-15-25)37-33(40)30(36-29(39)22-47-27-16-10-5-11-17-27)34(37)49-50(44,45)28-20-18-26(19-21-28)38(42)43/h3-21,30,32,34H,22H2,1-2H3,(H,36,39). The number of hydrogen-bond donors (Lipinski definition) is 1. The number of benzene rings is 4. The molecule has 15 heteroatoms. The van der Waals surface area contributed by atoms with Crippen LogP contribution in [0.1, 0.15) is 24.2 Å². The van der Waals surface area contributed by atoms with Gasteiger partial charge in [-0.15, -0.1) is 0 Å². The Labute approximate surface area is 291 Å². The van der Waals surface area contributed by atoms with Gasteiger partial charge in [-0.1, -0.05) is 78.9 Å². The summed E-state index contributed by atoms with van der Waals surface area (Å²) in [5.41, 5.74) is 0.558. The molecule has 50 heavy (non-hydrogen) atoms. The Morgan fingerprint density at radius 3 is 1.96 bits per heavy atom. The fourth-order valence-electron chi connectivity index (χ4n) is 4.99. The fraction of sp³-hybridized carbons (Fsp3) is 0.171. The number of carbonyl (C=O) groups excluding carboxylic acids is 3. The highest BCUT2D eigenvalue weighted by atomic mass is 33.1. The van der Waals surface area contributed by atoms with E-state index in [2.05, 4.69) is 5.32 Å². The van der Waals surface area contributed by atoms with Gasteiger partial charge in [0.25, 0.3) is 17.5 Å². The minimum absolute atomic E-state index is 0.0567. The van der Waals surface area contributed by atoms with E-state index in [0.717, 1.165) is 29.2 Å². The number of nitro benzene ring substituents is 1. The van der Waals surface area contributed by atoms with E-state index in [9.17, 15) is 32.9 Å². The molecule has 1 heterocycles. The highest BCUT2D eigenvalue weighted by Gasteiger charge is 2.55. The van der Waals surface area contributed by atoms with Gasteiger partial charge in [0.15, 0.2) is 18.4 Å². The van der Waals surface area contributed by atoms with Crippen LogP contribution in [-0.4, -0.2) is 61.2 Å². The highest BCUT2D eigenvalue weighted by Crippen LogP contribution is 2.41. The van der Waals surface area contributed by atoms with Crippen LogP contribution in [0.15, 0.2) is 132 Å². The van der Waals surface area contributed by atoms with Crippen LogP contribution in [0.3, 0.4) is 0 Å². The van der Waals surface area contributed by atoms with E-state index in [1.165, 1.54) is 14.0 Å². The minimum Gasteiger partial charge on any atom is -0.499 e. The Morgan fingerprint density at radius 1 is 0.900 bits per heavy atom. The van der Waals surface area contributed by atoms with Gasteiger partial charge < -0.3 is 19.5 Å². The van der Waals surface area contributed by atoms with Gasteiger partial charge in [-0.3, -0.25) is 24.6 Å². The van der Waals surface area contributed by atoms with Gasteiger partial charge in [-0.25, -0.2) is 13.2 Å². The number of carbonyl (C=O) groups is 3. The fourth-order valence-corrected chi connectivity index (χ4v) is 8.46. The molecule has 2 atom stereocenters. The van der Waals surface area contributed by atoms with Crippen molar-refractivity contribution in [3.05, 3.63) is 148 Å². The summed E-state index contributed by atoms with van der Waals surface area (Å²) in [6.45, 7) is 0.925. The lowest BCUT2D eigenvalue weighted by molar-refractivity contribution is -0.384. The van der Waals surface area contributed by atoms with Crippen LogP contribution in [0.2, 0.25) is 0 Å². The van der Waals surface area contributed by atoms with Gasteiger partial charge in [-0.2, -0.15) is 0 Å².